The van der Waals surface area contributed by atoms with Crippen LogP contribution < -0.4 is 5.32 Å². The standard InChI is InChI=1S/C15H21NS2/c1-4-16-14(6-5-13-7-8-17-10-13)15-9-11(2)12(3)18-15/h7-10,14,16H,4-6H2,1-3H3. The maximum atomic E-state index is 3.62. The first-order valence-corrected chi connectivity index (χ1v) is 8.28. The highest BCUT2D eigenvalue weighted by atomic mass is 32.1. The monoisotopic (exact) mass is 279 g/mol. The third-order valence-electron chi connectivity index (χ3n) is 3.28. The SMILES string of the molecule is CCNC(CCc1ccsc1)c1cc(C)c(C)s1. The molecule has 3 heteroatoms. The summed E-state index contributed by atoms with van der Waals surface area (Å²) in [7, 11) is 0. The van der Waals surface area contributed by atoms with Crippen LogP contribution in [0.5, 0.6) is 0 Å². The van der Waals surface area contributed by atoms with Gasteiger partial charge in [0, 0.05) is 15.8 Å². The second kappa shape index (κ2) is 6.50. The first kappa shape index (κ1) is 13.8. The molecule has 1 atom stereocenters. The zero-order valence-corrected chi connectivity index (χ0v) is 13.0. The quantitative estimate of drug-likeness (QED) is 0.807. The zero-order chi connectivity index (χ0) is 13.0. The summed E-state index contributed by atoms with van der Waals surface area (Å²) >= 11 is 3.73. The van der Waals surface area contributed by atoms with E-state index in [1.165, 1.54) is 27.3 Å². The minimum Gasteiger partial charge on any atom is -0.310 e. The van der Waals surface area contributed by atoms with Crippen molar-refractivity contribution in [1.29, 1.82) is 0 Å². The van der Waals surface area contributed by atoms with Gasteiger partial charge in [-0.15, -0.1) is 11.3 Å². The van der Waals surface area contributed by atoms with Crippen LogP contribution in [0.3, 0.4) is 0 Å². The molecule has 0 aromatic carbocycles. The van der Waals surface area contributed by atoms with E-state index in [0.717, 1.165) is 13.0 Å². The van der Waals surface area contributed by atoms with Crippen LogP contribution in [0.15, 0.2) is 22.9 Å². The fourth-order valence-corrected chi connectivity index (χ4v) is 3.97. The van der Waals surface area contributed by atoms with Crippen molar-refractivity contribution in [2.24, 2.45) is 0 Å². The summed E-state index contributed by atoms with van der Waals surface area (Å²) in [6.45, 7) is 7.64. The summed E-state index contributed by atoms with van der Waals surface area (Å²) < 4.78 is 0. The van der Waals surface area contributed by atoms with Crippen molar-refractivity contribution in [2.75, 3.05) is 6.54 Å². The Balaban J connectivity index is 2.03. The van der Waals surface area contributed by atoms with Crippen LogP contribution in [-0.4, -0.2) is 6.54 Å². The topological polar surface area (TPSA) is 12.0 Å². The molecule has 0 saturated heterocycles. The van der Waals surface area contributed by atoms with Gasteiger partial charge in [0.15, 0.2) is 0 Å². The number of nitrogens with one attached hydrogen (secondary N) is 1. The van der Waals surface area contributed by atoms with E-state index in [9.17, 15) is 0 Å². The zero-order valence-electron chi connectivity index (χ0n) is 11.3. The van der Waals surface area contributed by atoms with Gasteiger partial charge < -0.3 is 5.32 Å². The summed E-state index contributed by atoms with van der Waals surface area (Å²) in [5.41, 5.74) is 2.89. The van der Waals surface area contributed by atoms with Gasteiger partial charge in [-0.1, -0.05) is 6.92 Å². The molecule has 2 rings (SSSR count). The second-order valence-corrected chi connectivity index (χ2v) is 6.74. The van der Waals surface area contributed by atoms with Crippen molar-refractivity contribution in [3.63, 3.8) is 0 Å². The van der Waals surface area contributed by atoms with Crippen LogP contribution in [-0.2, 0) is 6.42 Å². The average Bonchev–Trinajstić information content (AvgIpc) is 2.96. The van der Waals surface area contributed by atoms with E-state index >= 15 is 0 Å². The molecule has 0 bridgehead atoms. The fourth-order valence-electron chi connectivity index (χ4n) is 2.11. The van der Waals surface area contributed by atoms with E-state index in [4.69, 9.17) is 0 Å². The molecule has 0 fully saturated rings. The van der Waals surface area contributed by atoms with Crippen LogP contribution in [0.2, 0.25) is 0 Å². The summed E-state index contributed by atoms with van der Waals surface area (Å²) in [5.74, 6) is 0. The Morgan fingerprint density at radius 2 is 2.17 bits per heavy atom. The normalized spacial score (nSPS) is 12.8. The Labute approximate surface area is 118 Å². The van der Waals surface area contributed by atoms with Gasteiger partial charge in [0.2, 0.25) is 0 Å². The molecule has 0 amide bonds. The summed E-state index contributed by atoms with van der Waals surface area (Å²) in [5, 5.41) is 8.04. The molecule has 0 radical (unpaired) electrons. The Morgan fingerprint density at radius 3 is 2.72 bits per heavy atom. The number of aryl methyl sites for hydroxylation is 3. The predicted molar refractivity (Wildman–Crippen MR) is 82.9 cm³/mol. The minimum absolute atomic E-state index is 0.507. The van der Waals surface area contributed by atoms with E-state index in [2.05, 4.69) is 49.0 Å². The summed E-state index contributed by atoms with van der Waals surface area (Å²) in [6, 6.07) is 5.09. The summed E-state index contributed by atoms with van der Waals surface area (Å²) in [4.78, 5) is 2.94. The molecular formula is C15H21NS2. The van der Waals surface area contributed by atoms with Crippen molar-refractivity contribution >= 4 is 22.7 Å². The molecule has 1 unspecified atom stereocenters. The van der Waals surface area contributed by atoms with Crippen LogP contribution >= 0.6 is 22.7 Å². The van der Waals surface area contributed by atoms with Crippen LogP contribution in [0.4, 0.5) is 0 Å². The molecule has 2 aromatic rings. The van der Waals surface area contributed by atoms with Crippen LogP contribution in [0, 0.1) is 13.8 Å². The minimum atomic E-state index is 0.507. The lowest BCUT2D eigenvalue weighted by molar-refractivity contribution is 0.523. The predicted octanol–water partition coefficient (Wildman–Crippen LogP) is 4.71. The Bertz CT molecular complexity index is 451. The van der Waals surface area contributed by atoms with Gasteiger partial charge in [-0.2, -0.15) is 11.3 Å². The molecule has 0 spiro atoms. The van der Waals surface area contributed by atoms with Gasteiger partial charge in [-0.05, 0) is 67.3 Å². The van der Waals surface area contributed by atoms with Gasteiger partial charge in [-0.25, -0.2) is 0 Å². The lowest BCUT2D eigenvalue weighted by atomic mass is 10.1. The molecular weight excluding hydrogens is 258 g/mol. The Kier molecular flexibility index (Phi) is 4.98. The highest BCUT2D eigenvalue weighted by molar-refractivity contribution is 7.12. The van der Waals surface area contributed by atoms with Gasteiger partial charge >= 0.3 is 0 Å². The average molecular weight is 279 g/mol. The molecule has 0 aliphatic carbocycles. The summed E-state index contributed by atoms with van der Waals surface area (Å²) in [6.07, 6.45) is 2.35. The van der Waals surface area contributed by atoms with Gasteiger partial charge in [0.25, 0.3) is 0 Å². The highest BCUT2D eigenvalue weighted by Crippen LogP contribution is 2.29. The van der Waals surface area contributed by atoms with Crippen LogP contribution in [0.25, 0.3) is 0 Å². The highest BCUT2D eigenvalue weighted by Gasteiger charge is 2.13. The van der Waals surface area contributed by atoms with Crippen molar-refractivity contribution in [2.45, 2.75) is 39.7 Å². The first-order chi connectivity index (χ1) is 8.70. The maximum absolute atomic E-state index is 3.62. The Morgan fingerprint density at radius 1 is 1.33 bits per heavy atom. The van der Waals surface area contributed by atoms with E-state index < -0.39 is 0 Å². The van der Waals surface area contributed by atoms with Crippen molar-refractivity contribution in [3.05, 3.63) is 43.8 Å². The van der Waals surface area contributed by atoms with Crippen molar-refractivity contribution < 1.29 is 0 Å². The van der Waals surface area contributed by atoms with Crippen molar-refractivity contribution in [1.82, 2.24) is 5.32 Å². The smallest absolute Gasteiger partial charge is 0.0418 e. The molecule has 0 aliphatic rings. The number of rotatable bonds is 6. The van der Waals surface area contributed by atoms with E-state index in [0.29, 0.717) is 6.04 Å². The largest absolute Gasteiger partial charge is 0.310 e. The van der Waals surface area contributed by atoms with Gasteiger partial charge in [0.05, 0.1) is 0 Å². The fraction of sp³-hybridized carbons (Fsp3) is 0.467. The molecule has 0 aliphatic heterocycles. The van der Waals surface area contributed by atoms with E-state index in [-0.39, 0.29) is 0 Å². The second-order valence-electron chi connectivity index (χ2n) is 4.67. The van der Waals surface area contributed by atoms with Gasteiger partial charge in [-0.3, -0.25) is 0 Å². The first-order valence-electron chi connectivity index (χ1n) is 6.52. The number of thiophene rings is 2. The molecule has 2 heterocycles. The third-order valence-corrected chi connectivity index (χ3v) is 5.28. The maximum Gasteiger partial charge on any atom is 0.0418 e. The number of hydrogen-bond acceptors (Lipinski definition) is 3. The van der Waals surface area contributed by atoms with Crippen molar-refractivity contribution in [3.8, 4) is 0 Å². The lowest BCUT2D eigenvalue weighted by Crippen LogP contribution is -2.20. The van der Waals surface area contributed by atoms with Crippen LogP contribution in [0.1, 0.15) is 40.3 Å². The molecule has 0 saturated carbocycles. The van der Waals surface area contributed by atoms with E-state index in [1.54, 1.807) is 11.3 Å². The number of hydrogen-bond donors (Lipinski definition) is 1. The lowest BCUT2D eigenvalue weighted by Gasteiger charge is -2.16. The third kappa shape index (κ3) is 3.44. The van der Waals surface area contributed by atoms with E-state index in [1.807, 2.05) is 11.3 Å². The molecule has 1 N–H and O–H groups in total. The Hall–Kier alpha value is -0.640. The van der Waals surface area contributed by atoms with Gasteiger partial charge in [0.1, 0.15) is 0 Å². The molecule has 1 nitrogen and oxygen atoms in total. The molecule has 98 valence electrons. The molecule has 18 heavy (non-hydrogen) atoms. The molecule has 2 aromatic heterocycles.